The number of para-hydroxylation sites is 1. The molecular formula is C16H18N2O5S. The Kier molecular flexibility index (Phi) is 5.20. The predicted octanol–water partition coefficient (Wildman–Crippen LogP) is 2.99. The molecule has 0 aliphatic rings. The molecule has 1 atom stereocenters. The summed E-state index contributed by atoms with van der Waals surface area (Å²) < 4.78 is 32.0. The number of nitro benzene ring substituents is 1. The predicted molar refractivity (Wildman–Crippen MR) is 89.5 cm³/mol. The fraction of sp³-hybridized carbons (Fsp3) is 0.250. The van der Waals surface area contributed by atoms with E-state index >= 15 is 0 Å². The third kappa shape index (κ3) is 3.39. The van der Waals surface area contributed by atoms with Gasteiger partial charge in [0.05, 0.1) is 23.0 Å². The second kappa shape index (κ2) is 6.98. The fourth-order valence-electron chi connectivity index (χ4n) is 2.32. The topological polar surface area (TPSA) is 89.8 Å². The summed E-state index contributed by atoms with van der Waals surface area (Å²) >= 11 is 0. The number of benzene rings is 2. The zero-order chi connectivity index (χ0) is 17.9. The van der Waals surface area contributed by atoms with Crippen LogP contribution in [0.4, 0.5) is 5.69 Å². The van der Waals surface area contributed by atoms with E-state index in [1.807, 2.05) is 0 Å². The van der Waals surface area contributed by atoms with Crippen LogP contribution in [0, 0.1) is 10.1 Å². The minimum atomic E-state index is -3.80. The highest BCUT2D eigenvalue weighted by molar-refractivity contribution is 7.89. The van der Waals surface area contributed by atoms with Crippen LogP contribution in [0.2, 0.25) is 0 Å². The molecule has 0 heterocycles. The van der Waals surface area contributed by atoms with Gasteiger partial charge in [0, 0.05) is 24.7 Å². The first-order valence-electron chi connectivity index (χ1n) is 7.14. The van der Waals surface area contributed by atoms with Crippen LogP contribution in [0.1, 0.15) is 18.5 Å². The molecule has 0 fully saturated rings. The average molecular weight is 350 g/mol. The standard InChI is InChI=1S/C16H18N2O5S/c1-12(15-6-4-5-7-16(15)23-3)17(2)24(21,22)14-10-8-13(9-11-14)18(19)20/h4-12H,1-3H3. The number of ether oxygens (including phenoxy) is 1. The molecule has 2 aromatic rings. The van der Waals surface area contributed by atoms with Crippen LogP contribution in [0.15, 0.2) is 53.4 Å². The van der Waals surface area contributed by atoms with Crippen LogP contribution in [-0.4, -0.2) is 31.8 Å². The van der Waals surface area contributed by atoms with Gasteiger partial charge >= 0.3 is 0 Å². The van der Waals surface area contributed by atoms with Crippen LogP contribution in [0.25, 0.3) is 0 Å². The maximum atomic E-state index is 12.7. The molecule has 7 nitrogen and oxygen atoms in total. The first-order valence-corrected chi connectivity index (χ1v) is 8.58. The second-order valence-electron chi connectivity index (χ2n) is 5.19. The Morgan fingerprint density at radius 2 is 1.71 bits per heavy atom. The van der Waals surface area contributed by atoms with Gasteiger partial charge in [-0.25, -0.2) is 8.42 Å². The molecule has 0 radical (unpaired) electrons. The summed E-state index contributed by atoms with van der Waals surface area (Å²) in [5.41, 5.74) is 0.572. The first kappa shape index (κ1) is 17.9. The van der Waals surface area contributed by atoms with Gasteiger partial charge in [-0.05, 0) is 25.1 Å². The molecule has 8 heteroatoms. The molecule has 2 rings (SSSR count). The van der Waals surface area contributed by atoms with Gasteiger partial charge in [0.1, 0.15) is 5.75 Å². The van der Waals surface area contributed by atoms with Gasteiger partial charge in [-0.2, -0.15) is 4.31 Å². The summed E-state index contributed by atoms with van der Waals surface area (Å²) in [6, 6.07) is 11.5. The van der Waals surface area contributed by atoms with E-state index < -0.39 is 21.0 Å². The Balaban J connectivity index is 2.36. The Hall–Kier alpha value is -2.45. The zero-order valence-corrected chi connectivity index (χ0v) is 14.4. The Bertz CT molecular complexity index is 834. The van der Waals surface area contributed by atoms with E-state index in [1.54, 1.807) is 31.2 Å². The molecular weight excluding hydrogens is 332 g/mol. The molecule has 0 spiro atoms. The summed E-state index contributed by atoms with van der Waals surface area (Å²) in [5.74, 6) is 0.593. The van der Waals surface area contributed by atoms with Gasteiger partial charge in [-0.15, -0.1) is 0 Å². The molecule has 0 saturated carbocycles. The summed E-state index contributed by atoms with van der Waals surface area (Å²) in [5, 5.41) is 10.7. The van der Waals surface area contributed by atoms with E-state index in [2.05, 4.69) is 0 Å². The second-order valence-corrected chi connectivity index (χ2v) is 7.19. The quantitative estimate of drug-likeness (QED) is 0.590. The maximum Gasteiger partial charge on any atom is 0.269 e. The highest BCUT2D eigenvalue weighted by Crippen LogP contribution is 2.31. The Labute approximate surface area is 140 Å². The lowest BCUT2D eigenvalue weighted by atomic mass is 10.1. The van der Waals surface area contributed by atoms with E-state index in [-0.39, 0.29) is 10.6 Å². The Morgan fingerprint density at radius 3 is 2.25 bits per heavy atom. The van der Waals surface area contributed by atoms with Crippen LogP contribution in [-0.2, 0) is 10.0 Å². The maximum absolute atomic E-state index is 12.7. The fourth-order valence-corrected chi connectivity index (χ4v) is 3.66. The van der Waals surface area contributed by atoms with Crippen LogP contribution >= 0.6 is 0 Å². The minimum Gasteiger partial charge on any atom is -0.496 e. The van der Waals surface area contributed by atoms with E-state index in [0.29, 0.717) is 5.75 Å². The molecule has 0 aliphatic carbocycles. The first-order chi connectivity index (χ1) is 11.3. The van der Waals surface area contributed by atoms with Gasteiger partial charge in [0.2, 0.25) is 10.0 Å². The highest BCUT2D eigenvalue weighted by atomic mass is 32.2. The van der Waals surface area contributed by atoms with Crippen molar-refractivity contribution in [1.29, 1.82) is 0 Å². The lowest BCUT2D eigenvalue weighted by Gasteiger charge is -2.25. The number of nitrogens with zero attached hydrogens (tertiary/aromatic N) is 2. The number of methoxy groups -OCH3 is 1. The third-order valence-electron chi connectivity index (χ3n) is 3.86. The summed E-state index contributed by atoms with van der Waals surface area (Å²) in [6.07, 6.45) is 0. The largest absolute Gasteiger partial charge is 0.496 e. The van der Waals surface area contributed by atoms with Gasteiger partial charge < -0.3 is 4.74 Å². The summed E-state index contributed by atoms with van der Waals surface area (Å²) in [6.45, 7) is 1.75. The normalized spacial score (nSPS) is 12.8. The van der Waals surface area contributed by atoms with E-state index in [1.165, 1.54) is 42.7 Å². The van der Waals surface area contributed by atoms with Crippen molar-refractivity contribution in [2.75, 3.05) is 14.2 Å². The molecule has 0 amide bonds. The van der Waals surface area contributed by atoms with Crippen molar-refractivity contribution in [3.05, 3.63) is 64.2 Å². The highest BCUT2D eigenvalue weighted by Gasteiger charge is 2.28. The van der Waals surface area contributed by atoms with Gasteiger partial charge in [-0.3, -0.25) is 10.1 Å². The minimum absolute atomic E-state index is 0.00246. The van der Waals surface area contributed by atoms with Crippen molar-refractivity contribution in [1.82, 2.24) is 4.31 Å². The molecule has 24 heavy (non-hydrogen) atoms. The van der Waals surface area contributed by atoms with Crippen molar-refractivity contribution in [3.8, 4) is 5.75 Å². The van der Waals surface area contributed by atoms with E-state index in [9.17, 15) is 18.5 Å². The van der Waals surface area contributed by atoms with Gasteiger partial charge in [0.15, 0.2) is 0 Å². The molecule has 0 bridgehead atoms. The summed E-state index contributed by atoms with van der Waals surface area (Å²) in [4.78, 5) is 10.1. The van der Waals surface area contributed by atoms with E-state index in [4.69, 9.17) is 4.74 Å². The SMILES string of the molecule is COc1ccccc1C(C)N(C)S(=O)(=O)c1ccc([N+](=O)[O-])cc1. The number of non-ortho nitro benzene ring substituents is 1. The van der Waals surface area contributed by atoms with Gasteiger partial charge in [0.25, 0.3) is 5.69 Å². The van der Waals surface area contributed by atoms with Crippen LogP contribution in [0.5, 0.6) is 5.75 Å². The smallest absolute Gasteiger partial charge is 0.269 e. The summed E-state index contributed by atoms with van der Waals surface area (Å²) in [7, 11) is -0.808. The molecule has 0 aliphatic heterocycles. The van der Waals surface area contributed by atoms with Crippen LogP contribution in [0.3, 0.4) is 0 Å². The lowest BCUT2D eigenvalue weighted by Crippen LogP contribution is -2.30. The average Bonchev–Trinajstić information content (AvgIpc) is 2.60. The van der Waals surface area contributed by atoms with Crippen molar-refractivity contribution >= 4 is 15.7 Å². The number of rotatable bonds is 6. The van der Waals surface area contributed by atoms with Gasteiger partial charge in [-0.1, -0.05) is 18.2 Å². The monoisotopic (exact) mass is 350 g/mol. The number of nitro groups is 1. The molecule has 1 unspecified atom stereocenters. The number of hydrogen-bond acceptors (Lipinski definition) is 5. The molecule has 0 saturated heterocycles. The molecule has 128 valence electrons. The number of hydrogen-bond donors (Lipinski definition) is 0. The van der Waals surface area contributed by atoms with E-state index in [0.717, 1.165) is 5.56 Å². The third-order valence-corrected chi connectivity index (χ3v) is 5.80. The van der Waals surface area contributed by atoms with Crippen molar-refractivity contribution < 1.29 is 18.1 Å². The Morgan fingerprint density at radius 1 is 1.12 bits per heavy atom. The number of sulfonamides is 1. The molecule has 2 aromatic carbocycles. The zero-order valence-electron chi connectivity index (χ0n) is 13.5. The van der Waals surface area contributed by atoms with Crippen LogP contribution < -0.4 is 4.74 Å². The molecule has 0 aromatic heterocycles. The van der Waals surface area contributed by atoms with Crippen molar-refractivity contribution in [2.45, 2.75) is 17.9 Å². The van der Waals surface area contributed by atoms with Crippen molar-refractivity contribution in [3.63, 3.8) is 0 Å². The van der Waals surface area contributed by atoms with Crippen molar-refractivity contribution in [2.24, 2.45) is 0 Å². The molecule has 0 N–H and O–H groups in total. The lowest BCUT2D eigenvalue weighted by molar-refractivity contribution is -0.384.